The molecule has 1 N–H and O–H groups in total. The first-order valence-corrected chi connectivity index (χ1v) is 11.2. The topological polar surface area (TPSA) is 101 Å². The number of ketones is 1. The Balaban J connectivity index is 2.13. The Labute approximate surface area is 147 Å². The molecule has 1 fully saturated rings. The molecule has 1 rings (SSSR count). The molecular weight excluding hydrogens is 353 g/mol. The summed E-state index contributed by atoms with van der Waals surface area (Å²) in [7, 11) is -3.37. The number of amides is 2. The summed E-state index contributed by atoms with van der Waals surface area (Å²) in [5.74, 6) is 0.388. The largest absolute Gasteiger partial charge is 0.325 e. The summed E-state index contributed by atoms with van der Waals surface area (Å²) < 4.78 is 15.7. The van der Waals surface area contributed by atoms with Crippen molar-refractivity contribution in [1.82, 2.24) is 4.90 Å². The average Bonchev–Trinajstić information content (AvgIpc) is 2.73. The van der Waals surface area contributed by atoms with Crippen LogP contribution in [-0.2, 0) is 23.5 Å². The number of likely N-dealkylation sites (tertiary alicyclic amines) is 1. The molecule has 0 spiro atoms. The summed E-state index contributed by atoms with van der Waals surface area (Å²) in [6.45, 7) is 3.08. The Kier molecular flexibility index (Phi) is 9.19. The van der Waals surface area contributed by atoms with Gasteiger partial charge in [-0.25, -0.2) is 0 Å². The zero-order chi connectivity index (χ0) is 18.2. The highest BCUT2D eigenvalue weighted by molar-refractivity contribution is 8.00. The Morgan fingerprint density at radius 1 is 1.33 bits per heavy atom. The first-order chi connectivity index (χ1) is 11.2. The number of hydrogen-bond acceptors (Lipinski definition) is 6. The SMILES string of the molecule is CC(=O)CCN1C(=O)CC(SCCCCCCOP(C)(=O)O)C1=O. The molecule has 138 valence electrons. The summed E-state index contributed by atoms with van der Waals surface area (Å²) in [4.78, 5) is 45.1. The van der Waals surface area contributed by atoms with Crippen LogP contribution in [0.25, 0.3) is 0 Å². The second-order valence-electron chi connectivity index (χ2n) is 5.95. The molecule has 2 atom stereocenters. The molecule has 9 heteroatoms. The Bertz CT molecular complexity index is 506. The number of Topliss-reactive ketones (excluding diaryl/α,β-unsaturated/α-hetero) is 1. The van der Waals surface area contributed by atoms with Crippen molar-refractivity contribution in [3.63, 3.8) is 0 Å². The van der Waals surface area contributed by atoms with E-state index in [2.05, 4.69) is 0 Å². The van der Waals surface area contributed by atoms with E-state index in [0.717, 1.165) is 31.4 Å². The summed E-state index contributed by atoms with van der Waals surface area (Å²) in [6.07, 6.45) is 3.91. The van der Waals surface area contributed by atoms with Crippen LogP contribution in [0.15, 0.2) is 0 Å². The quantitative estimate of drug-likeness (QED) is 0.315. The normalized spacial score (nSPS) is 20.5. The van der Waals surface area contributed by atoms with Crippen molar-refractivity contribution >= 4 is 37.0 Å². The lowest BCUT2D eigenvalue weighted by Crippen LogP contribution is -2.33. The highest BCUT2D eigenvalue weighted by Gasteiger charge is 2.38. The standard InChI is InChI=1S/C15H26NO6PS/c1-12(17)7-8-16-14(18)11-13(15(16)19)24-10-6-4-3-5-9-22-23(2,20)21/h13H,3-11H2,1-2H3,(H,20,21). The highest BCUT2D eigenvalue weighted by Crippen LogP contribution is 2.36. The monoisotopic (exact) mass is 379 g/mol. The minimum Gasteiger partial charge on any atom is -0.324 e. The van der Waals surface area contributed by atoms with Crippen molar-refractivity contribution in [2.24, 2.45) is 0 Å². The van der Waals surface area contributed by atoms with E-state index < -0.39 is 7.60 Å². The van der Waals surface area contributed by atoms with Crippen molar-refractivity contribution in [3.05, 3.63) is 0 Å². The van der Waals surface area contributed by atoms with Gasteiger partial charge in [-0.2, -0.15) is 0 Å². The number of nitrogens with zero attached hydrogens (tertiary/aromatic N) is 1. The van der Waals surface area contributed by atoms with Crippen LogP contribution in [0.4, 0.5) is 0 Å². The van der Waals surface area contributed by atoms with Crippen molar-refractivity contribution < 1.29 is 28.4 Å². The van der Waals surface area contributed by atoms with Crippen LogP contribution in [0, 0.1) is 0 Å². The maximum absolute atomic E-state index is 12.1. The van der Waals surface area contributed by atoms with Gasteiger partial charge in [0.05, 0.1) is 11.9 Å². The van der Waals surface area contributed by atoms with Gasteiger partial charge >= 0.3 is 7.60 Å². The van der Waals surface area contributed by atoms with Crippen LogP contribution in [0.1, 0.15) is 45.4 Å². The van der Waals surface area contributed by atoms with Crippen LogP contribution in [0.5, 0.6) is 0 Å². The van der Waals surface area contributed by atoms with Crippen molar-refractivity contribution in [2.75, 3.05) is 25.6 Å². The van der Waals surface area contributed by atoms with Gasteiger partial charge in [-0.05, 0) is 25.5 Å². The van der Waals surface area contributed by atoms with Crippen LogP contribution in [0.2, 0.25) is 0 Å². The fourth-order valence-electron chi connectivity index (χ4n) is 2.30. The van der Waals surface area contributed by atoms with Gasteiger partial charge in [0, 0.05) is 26.1 Å². The van der Waals surface area contributed by atoms with Crippen LogP contribution in [0.3, 0.4) is 0 Å². The molecule has 0 aromatic carbocycles. The van der Waals surface area contributed by atoms with Gasteiger partial charge in [0.25, 0.3) is 0 Å². The molecule has 1 saturated heterocycles. The Morgan fingerprint density at radius 3 is 2.62 bits per heavy atom. The molecule has 24 heavy (non-hydrogen) atoms. The summed E-state index contributed by atoms with van der Waals surface area (Å²) in [5, 5.41) is -0.326. The molecule has 0 radical (unpaired) electrons. The van der Waals surface area contributed by atoms with E-state index in [1.54, 1.807) is 0 Å². The van der Waals surface area contributed by atoms with Crippen LogP contribution < -0.4 is 0 Å². The molecule has 0 saturated carbocycles. The lowest BCUT2D eigenvalue weighted by Gasteiger charge is -2.13. The molecular formula is C15H26NO6PS. The van der Waals surface area contributed by atoms with E-state index in [1.165, 1.54) is 30.3 Å². The molecule has 0 bridgehead atoms. The fourth-order valence-corrected chi connectivity index (χ4v) is 3.96. The molecule has 0 aliphatic carbocycles. The predicted octanol–water partition coefficient (Wildman–Crippen LogP) is 2.22. The zero-order valence-corrected chi connectivity index (χ0v) is 15.9. The number of rotatable bonds is 12. The van der Waals surface area contributed by atoms with E-state index in [1.807, 2.05) is 0 Å². The average molecular weight is 379 g/mol. The smallest absolute Gasteiger partial charge is 0.324 e. The van der Waals surface area contributed by atoms with E-state index in [0.29, 0.717) is 0 Å². The summed E-state index contributed by atoms with van der Waals surface area (Å²) >= 11 is 1.49. The van der Waals surface area contributed by atoms with Gasteiger partial charge < -0.3 is 9.42 Å². The maximum Gasteiger partial charge on any atom is 0.325 e. The van der Waals surface area contributed by atoms with Gasteiger partial charge in [0.15, 0.2) is 0 Å². The minimum absolute atomic E-state index is 0.0312. The second-order valence-corrected chi connectivity index (χ2v) is 9.12. The zero-order valence-electron chi connectivity index (χ0n) is 14.2. The van der Waals surface area contributed by atoms with Gasteiger partial charge in [0.2, 0.25) is 11.8 Å². The molecule has 2 amide bonds. The minimum atomic E-state index is -3.37. The van der Waals surface area contributed by atoms with Gasteiger partial charge in [-0.1, -0.05) is 12.8 Å². The van der Waals surface area contributed by atoms with Crippen LogP contribution in [-0.4, -0.2) is 58.2 Å². The number of unbranched alkanes of at least 4 members (excludes halogenated alkanes) is 3. The van der Waals surface area contributed by atoms with Gasteiger partial charge in [-0.3, -0.25) is 23.8 Å². The van der Waals surface area contributed by atoms with Crippen molar-refractivity contribution in [3.8, 4) is 0 Å². The number of imide groups is 1. The molecule has 0 aromatic rings. The van der Waals surface area contributed by atoms with Gasteiger partial charge in [0.1, 0.15) is 5.78 Å². The molecule has 2 unspecified atom stereocenters. The molecule has 7 nitrogen and oxygen atoms in total. The van der Waals surface area contributed by atoms with Gasteiger partial charge in [-0.15, -0.1) is 11.8 Å². The summed E-state index contributed by atoms with van der Waals surface area (Å²) in [6, 6.07) is 0. The van der Waals surface area contributed by atoms with Crippen molar-refractivity contribution in [1.29, 1.82) is 0 Å². The highest BCUT2D eigenvalue weighted by atomic mass is 32.2. The third kappa shape index (κ3) is 8.42. The first kappa shape index (κ1) is 21.4. The third-order valence-electron chi connectivity index (χ3n) is 3.58. The maximum atomic E-state index is 12.1. The van der Waals surface area contributed by atoms with E-state index in [-0.39, 0.29) is 48.8 Å². The lowest BCUT2D eigenvalue weighted by atomic mass is 10.2. The fraction of sp³-hybridized carbons (Fsp3) is 0.800. The number of hydrogen-bond donors (Lipinski definition) is 1. The molecule has 1 heterocycles. The third-order valence-corrected chi connectivity index (χ3v) is 5.54. The van der Waals surface area contributed by atoms with E-state index >= 15 is 0 Å². The Morgan fingerprint density at radius 2 is 2.00 bits per heavy atom. The number of carbonyl (C=O) groups is 3. The second kappa shape index (κ2) is 10.3. The van der Waals surface area contributed by atoms with E-state index in [9.17, 15) is 18.9 Å². The van der Waals surface area contributed by atoms with Crippen LogP contribution >= 0.6 is 19.4 Å². The molecule has 1 aliphatic heterocycles. The lowest BCUT2D eigenvalue weighted by molar-refractivity contribution is -0.138. The number of thioether (sulfide) groups is 1. The number of carbonyl (C=O) groups excluding carboxylic acids is 3. The predicted molar refractivity (Wildman–Crippen MR) is 93.1 cm³/mol. The first-order valence-electron chi connectivity index (χ1n) is 8.11. The Hall–Kier alpha value is -0.690. The van der Waals surface area contributed by atoms with Crippen molar-refractivity contribution in [2.45, 2.75) is 50.7 Å². The van der Waals surface area contributed by atoms with E-state index in [4.69, 9.17) is 9.42 Å². The molecule has 1 aliphatic rings. The molecule has 0 aromatic heterocycles. The summed E-state index contributed by atoms with van der Waals surface area (Å²) in [5.41, 5.74) is 0.